The second-order valence-corrected chi connectivity index (χ2v) is 5.44. The third kappa shape index (κ3) is 2.44. The molecule has 1 aromatic carbocycles. The third-order valence-corrected chi connectivity index (χ3v) is 4.08. The molecule has 2 unspecified atom stereocenters. The molecule has 6 heteroatoms. The first-order valence-corrected chi connectivity index (χ1v) is 6.33. The molecule has 2 rings (SSSR count). The van der Waals surface area contributed by atoms with E-state index in [-0.39, 0.29) is 11.6 Å². The Balaban J connectivity index is 2.41. The Morgan fingerprint density at radius 3 is 2.55 bits per heavy atom. The lowest BCUT2D eigenvalue weighted by atomic mass is 9.78. The Kier molecular flexibility index (Phi) is 3.62. The second kappa shape index (κ2) is 4.84. The molecule has 0 radical (unpaired) electrons. The fourth-order valence-corrected chi connectivity index (χ4v) is 2.69. The van der Waals surface area contributed by atoms with Crippen molar-refractivity contribution in [3.8, 4) is 0 Å². The first-order valence-electron chi connectivity index (χ1n) is 6.33. The number of alkyl halides is 3. The number of ketones is 1. The first kappa shape index (κ1) is 15.0. The van der Waals surface area contributed by atoms with Crippen molar-refractivity contribution < 1.29 is 22.4 Å². The van der Waals surface area contributed by atoms with Crippen molar-refractivity contribution in [2.75, 3.05) is 0 Å². The van der Waals surface area contributed by atoms with E-state index < -0.39 is 28.8 Å². The van der Waals surface area contributed by atoms with Crippen LogP contribution < -0.4 is 5.73 Å². The normalized spacial score (nSPS) is 26.8. The molecule has 0 bridgehead atoms. The van der Waals surface area contributed by atoms with Gasteiger partial charge in [0.15, 0.2) is 5.78 Å². The van der Waals surface area contributed by atoms with Crippen LogP contribution in [0.1, 0.15) is 42.1 Å². The molecule has 20 heavy (non-hydrogen) atoms. The Labute approximate surface area is 114 Å². The highest BCUT2D eigenvalue weighted by atomic mass is 19.4. The quantitative estimate of drug-likeness (QED) is 0.668. The number of carbonyl (C=O) groups is 1. The monoisotopic (exact) mass is 289 g/mol. The lowest BCUT2D eigenvalue weighted by Gasteiger charge is -2.27. The number of carbonyl (C=O) groups excluding carboxylic acids is 1. The summed E-state index contributed by atoms with van der Waals surface area (Å²) in [5.41, 5.74) is 3.46. The molecule has 0 saturated heterocycles. The van der Waals surface area contributed by atoms with Crippen molar-refractivity contribution in [1.29, 1.82) is 0 Å². The summed E-state index contributed by atoms with van der Waals surface area (Å²) in [6.45, 7) is 1.66. The van der Waals surface area contributed by atoms with Gasteiger partial charge in [0.1, 0.15) is 5.82 Å². The van der Waals surface area contributed by atoms with Crippen molar-refractivity contribution in [3.05, 3.63) is 35.1 Å². The molecule has 2 atom stereocenters. The first-order chi connectivity index (χ1) is 9.16. The number of hydrogen-bond donors (Lipinski definition) is 1. The maximum Gasteiger partial charge on any atom is 0.419 e. The van der Waals surface area contributed by atoms with E-state index in [1.807, 2.05) is 0 Å². The molecule has 1 aromatic rings. The van der Waals surface area contributed by atoms with Gasteiger partial charge in [0.25, 0.3) is 0 Å². The molecule has 2 nitrogen and oxygen atoms in total. The van der Waals surface area contributed by atoms with Crippen LogP contribution in [-0.4, -0.2) is 11.8 Å². The van der Waals surface area contributed by atoms with E-state index in [0.29, 0.717) is 25.0 Å². The topological polar surface area (TPSA) is 43.1 Å². The van der Waals surface area contributed by atoms with E-state index in [1.54, 1.807) is 6.92 Å². The molecule has 0 aromatic heterocycles. The molecular weight excluding hydrogens is 274 g/mol. The molecule has 0 heterocycles. The average molecular weight is 289 g/mol. The maximum atomic E-state index is 13.2. The number of benzene rings is 1. The van der Waals surface area contributed by atoms with E-state index in [9.17, 15) is 22.4 Å². The Morgan fingerprint density at radius 1 is 1.40 bits per heavy atom. The van der Waals surface area contributed by atoms with Gasteiger partial charge in [-0.25, -0.2) is 4.39 Å². The molecule has 0 spiro atoms. The second-order valence-electron chi connectivity index (χ2n) is 5.44. The largest absolute Gasteiger partial charge is 0.419 e. The molecule has 1 saturated carbocycles. The summed E-state index contributed by atoms with van der Waals surface area (Å²) in [6, 6.07) is 1.96. The summed E-state index contributed by atoms with van der Waals surface area (Å²) in [7, 11) is 0. The molecule has 1 aliphatic rings. The van der Waals surface area contributed by atoms with Crippen LogP contribution in [0.4, 0.5) is 17.6 Å². The van der Waals surface area contributed by atoms with Crippen molar-refractivity contribution in [3.63, 3.8) is 0 Å². The predicted molar refractivity (Wildman–Crippen MR) is 65.7 cm³/mol. The Bertz CT molecular complexity index is 540. The van der Waals surface area contributed by atoms with Crippen LogP contribution in [0.25, 0.3) is 0 Å². The average Bonchev–Trinajstić information content (AvgIpc) is 2.69. The van der Waals surface area contributed by atoms with Gasteiger partial charge in [-0.3, -0.25) is 4.79 Å². The van der Waals surface area contributed by atoms with Crippen LogP contribution in [0.2, 0.25) is 0 Å². The summed E-state index contributed by atoms with van der Waals surface area (Å²) >= 11 is 0. The summed E-state index contributed by atoms with van der Waals surface area (Å²) in [5.74, 6) is -1.83. The van der Waals surface area contributed by atoms with Gasteiger partial charge in [0.2, 0.25) is 0 Å². The van der Waals surface area contributed by atoms with Crippen molar-refractivity contribution >= 4 is 5.78 Å². The minimum Gasteiger partial charge on any atom is -0.327 e. The maximum absolute atomic E-state index is 13.2. The van der Waals surface area contributed by atoms with Gasteiger partial charge >= 0.3 is 6.18 Å². The number of halogens is 4. The minimum absolute atomic E-state index is 0.140. The van der Waals surface area contributed by atoms with Crippen LogP contribution in [0, 0.1) is 11.2 Å². The van der Waals surface area contributed by atoms with E-state index in [2.05, 4.69) is 0 Å². The van der Waals surface area contributed by atoms with E-state index >= 15 is 0 Å². The zero-order valence-electron chi connectivity index (χ0n) is 10.9. The van der Waals surface area contributed by atoms with Gasteiger partial charge in [-0.05, 0) is 31.0 Å². The number of hydrogen-bond acceptors (Lipinski definition) is 2. The van der Waals surface area contributed by atoms with E-state index in [4.69, 9.17) is 5.73 Å². The van der Waals surface area contributed by atoms with Gasteiger partial charge < -0.3 is 5.73 Å². The fraction of sp³-hybridized carbons (Fsp3) is 0.500. The van der Waals surface area contributed by atoms with Crippen molar-refractivity contribution in [2.24, 2.45) is 11.1 Å². The molecule has 2 N–H and O–H groups in total. The highest BCUT2D eigenvalue weighted by Crippen LogP contribution is 2.40. The highest BCUT2D eigenvalue weighted by Gasteiger charge is 2.44. The van der Waals surface area contributed by atoms with E-state index in [1.165, 1.54) is 0 Å². The van der Waals surface area contributed by atoms with Crippen LogP contribution in [0.15, 0.2) is 18.2 Å². The fourth-order valence-electron chi connectivity index (χ4n) is 2.69. The molecule has 110 valence electrons. The van der Waals surface area contributed by atoms with Gasteiger partial charge in [0, 0.05) is 17.0 Å². The number of rotatable bonds is 2. The molecule has 1 fully saturated rings. The van der Waals surface area contributed by atoms with Gasteiger partial charge in [-0.2, -0.15) is 13.2 Å². The van der Waals surface area contributed by atoms with Crippen LogP contribution in [0.3, 0.4) is 0 Å². The molecule has 0 aliphatic heterocycles. The van der Waals surface area contributed by atoms with Crippen molar-refractivity contribution in [2.45, 2.75) is 38.4 Å². The van der Waals surface area contributed by atoms with Crippen LogP contribution >= 0.6 is 0 Å². The van der Waals surface area contributed by atoms with Crippen molar-refractivity contribution in [1.82, 2.24) is 0 Å². The Morgan fingerprint density at radius 2 is 2.05 bits per heavy atom. The number of nitrogens with two attached hydrogens (primary N) is 1. The Hall–Kier alpha value is -1.43. The highest BCUT2D eigenvalue weighted by molar-refractivity contribution is 6.01. The molecule has 0 amide bonds. The lowest BCUT2D eigenvalue weighted by Crippen LogP contribution is -2.41. The summed E-state index contributed by atoms with van der Waals surface area (Å²) in [6.07, 6.45) is -2.86. The van der Waals surface area contributed by atoms with Gasteiger partial charge in [-0.15, -0.1) is 0 Å². The zero-order chi connectivity index (χ0) is 15.1. The van der Waals surface area contributed by atoms with Crippen LogP contribution in [-0.2, 0) is 6.18 Å². The molecular formula is C14H15F4NO. The standard InChI is InChI=1S/C14H15F4NO/c1-13(6-2-3-11(13)19)12(20)8-4-5-10(15)9(7-8)14(16,17)18/h4-5,7,11H,2-3,6,19H2,1H3. The number of Topliss-reactive ketones (excluding diaryl/α,β-unsaturated/α-hetero) is 1. The third-order valence-electron chi connectivity index (χ3n) is 4.08. The minimum atomic E-state index is -4.82. The van der Waals surface area contributed by atoms with E-state index in [0.717, 1.165) is 12.5 Å². The van der Waals surface area contributed by atoms with Gasteiger partial charge in [-0.1, -0.05) is 13.3 Å². The lowest BCUT2D eigenvalue weighted by molar-refractivity contribution is -0.140. The smallest absolute Gasteiger partial charge is 0.327 e. The summed E-state index contributed by atoms with van der Waals surface area (Å²) in [5, 5.41) is 0. The zero-order valence-corrected chi connectivity index (χ0v) is 10.9. The van der Waals surface area contributed by atoms with Gasteiger partial charge in [0.05, 0.1) is 5.56 Å². The molecule has 1 aliphatic carbocycles. The predicted octanol–water partition coefficient (Wildman–Crippen LogP) is 3.54. The SMILES string of the molecule is CC1(C(=O)c2ccc(F)c(C(F)(F)F)c2)CCCC1N. The summed E-state index contributed by atoms with van der Waals surface area (Å²) in [4.78, 5) is 12.4. The van der Waals surface area contributed by atoms with Crippen LogP contribution in [0.5, 0.6) is 0 Å². The summed E-state index contributed by atoms with van der Waals surface area (Å²) < 4.78 is 51.2.